The van der Waals surface area contributed by atoms with E-state index in [1.54, 1.807) is 6.92 Å². The Kier molecular flexibility index (Phi) is 4.87. The zero-order valence-corrected chi connectivity index (χ0v) is 5.99. The molecule has 42 valence electrons. The van der Waals surface area contributed by atoms with Crippen molar-refractivity contribution in [1.82, 2.24) is 0 Å². The minimum atomic E-state index is -2.66. The number of hydrogen-bond acceptors (Lipinski definition) is 3. The first-order valence-electron chi connectivity index (χ1n) is 2.02. The summed E-state index contributed by atoms with van der Waals surface area (Å²) in [5.74, 6) is 0. The minimum absolute atomic E-state index is 0.479. The summed E-state index contributed by atoms with van der Waals surface area (Å²) in [6, 6.07) is 0. The van der Waals surface area contributed by atoms with Gasteiger partial charge in [-0.3, -0.25) is 0 Å². The van der Waals surface area contributed by atoms with Gasteiger partial charge in [0, 0.05) is 0 Å². The van der Waals surface area contributed by atoms with E-state index in [4.69, 9.17) is 0 Å². The molecule has 0 aliphatic rings. The summed E-state index contributed by atoms with van der Waals surface area (Å²) in [5.41, 5.74) is 0. The summed E-state index contributed by atoms with van der Waals surface area (Å²) >= 11 is -2.66. The molecule has 0 fully saturated rings. The average Bonchev–Trinajstić information content (AvgIpc) is 1.68. The molecular weight excluding hydrogens is 132 g/mol. The van der Waals surface area contributed by atoms with Crippen molar-refractivity contribution in [1.29, 1.82) is 0 Å². The summed E-state index contributed by atoms with van der Waals surface area (Å²) in [6.45, 7) is 2.26. The third kappa shape index (κ3) is 4.28. The average molecular weight is 140 g/mol. The fourth-order valence-electron chi connectivity index (χ4n) is 0.177. The van der Waals surface area contributed by atoms with Gasteiger partial charge >= 0.3 is 49.2 Å². The van der Waals surface area contributed by atoms with Gasteiger partial charge in [-0.25, -0.2) is 0 Å². The van der Waals surface area contributed by atoms with Crippen molar-refractivity contribution < 1.29 is 28.6 Å². The van der Waals surface area contributed by atoms with Gasteiger partial charge in [0.2, 0.25) is 0 Å². The zero-order chi connectivity index (χ0) is 5.70. The Morgan fingerprint density at radius 1 is 1.71 bits per heavy atom. The van der Waals surface area contributed by atoms with E-state index in [-0.39, 0.29) is 0 Å². The molecule has 0 saturated heterocycles. The van der Waals surface area contributed by atoms with Crippen LogP contribution in [0.3, 0.4) is 0 Å². The second-order valence-electron chi connectivity index (χ2n) is 0.887. The Labute approximate surface area is 49.7 Å². The molecule has 0 aliphatic carbocycles. The van der Waals surface area contributed by atoms with Gasteiger partial charge in [-0.05, 0) is 0 Å². The second kappa shape index (κ2) is 4.59. The summed E-state index contributed by atoms with van der Waals surface area (Å²) in [6.07, 6.45) is 0. The summed E-state index contributed by atoms with van der Waals surface area (Å²) in [4.78, 5) is 0. The molecule has 0 unspecified atom stereocenters. The third-order valence-corrected chi connectivity index (χ3v) is 1.77. The predicted octanol–water partition coefficient (Wildman–Crippen LogP) is 0.463. The standard InChI is InChI=1S/C2H5O.CH3O.O.Ti/c1-2-3;1-2;;/h2H2,1H3;1H3;;/q2*-1;;+2. The van der Waals surface area contributed by atoms with Gasteiger partial charge in [-0.15, -0.1) is 0 Å². The summed E-state index contributed by atoms with van der Waals surface area (Å²) in [7, 11) is 1.39. The molecule has 0 amide bonds. The first-order chi connectivity index (χ1) is 3.31. The Morgan fingerprint density at radius 2 is 2.29 bits per heavy atom. The van der Waals surface area contributed by atoms with Gasteiger partial charge in [0.05, 0.1) is 0 Å². The SMILES string of the molecule is CC[O][Ti](=[O])[O]C. The quantitative estimate of drug-likeness (QED) is 0.534. The van der Waals surface area contributed by atoms with Crippen LogP contribution in [0.25, 0.3) is 0 Å². The fraction of sp³-hybridized carbons (Fsp3) is 1.00. The van der Waals surface area contributed by atoms with Crippen LogP contribution >= 0.6 is 0 Å². The van der Waals surface area contributed by atoms with Gasteiger partial charge in [-0.2, -0.15) is 0 Å². The molecule has 0 N–H and O–H groups in total. The van der Waals surface area contributed by atoms with E-state index in [9.17, 15) is 3.32 Å². The summed E-state index contributed by atoms with van der Waals surface area (Å²) < 4.78 is 19.2. The maximum atomic E-state index is 10.2. The molecule has 3 nitrogen and oxygen atoms in total. The van der Waals surface area contributed by atoms with Crippen molar-refractivity contribution in [3.8, 4) is 0 Å². The molecule has 0 atom stereocenters. The van der Waals surface area contributed by atoms with Crippen LogP contribution in [-0.2, 0) is 28.6 Å². The first-order valence-corrected chi connectivity index (χ1v) is 3.93. The topological polar surface area (TPSA) is 35.5 Å². The molecule has 0 rings (SSSR count). The van der Waals surface area contributed by atoms with Crippen LogP contribution in [-0.4, -0.2) is 13.7 Å². The van der Waals surface area contributed by atoms with E-state index >= 15 is 0 Å². The van der Waals surface area contributed by atoms with Crippen LogP contribution in [0.4, 0.5) is 0 Å². The molecule has 0 radical (unpaired) electrons. The molecular formula is C3H8O3Ti. The Morgan fingerprint density at radius 3 is 2.43 bits per heavy atom. The van der Waals surface area contributed by atoms with E-state index in [1.165, 1.54) is 7.11 Å². The molecule has 4 heteroatoms. The van der Waals surface area contributed by atoms with Crippen molar-refractivity contribution in [3.63, 3.8) is 0 Å². The molecule has 0 aliphatic heterocycles. The first kappa shape index (κ1) is 7.43. The predicted molar refractivity (Wildman–Crippen MR) is 19.3 cm³/mol. The van der Waals surface area contributed by atoms with Crippen molar-refractivity contribution in [2.75, 3.05) is 13.7 Å². The van der Waals surface area contributed by atoms with Crippen molar-refractivity contribution >= 4 is 0 Å². The molecule has 0 heterocycles. The van der Waals surface area contributed by atoms with Crippen LogP contribution < -0.4 is 0 Å². The van der Waals surface area contributed by atoms with Crippen LogP contribution in [0.5, 0.6) is 0 Å². The monoisotopic (exact) mass is 140 g/mol. The van der Waals surface area contributed by atoms with Crippen LogP contribution in [0.1, 0.15) is 6.92 Å². The van der Waals surface area contributed by atoms with E-state index < -0.39 is 18.6 Å². The molecule has 0 bridgehead atoms. The zero-order valence-electron chi connectivity index (χ0n) is 4.43. The number of hydrogen-bond donors (Lipinski definition) is 0. The van der Waals surface area contributed by atoms with Crippen molar-refractivity contribution in [2.24, 2.45) is 0 Å². The molecule has 7 heavy (non-hydrogen) atoms. The van der Waals surface area contributed by atoms with Gasteiger partial charge in [0.25, 0.3) is 0 Å². The van der Waals surface area contributed by atoms with E-state index in [2.05, 4.69) is 6.64 Å². The van der Waals surface area contributed by atoms with Gasteiger partial charge < -0.3 is 0 Å². The van der Waals surface area contributed by atoms with E-state index in [0.717, 1.165) is 0 Å². The summed E-state index contributed by atoms with van der Waals surface area (Å²) in [5, 5.41) is 0. The number of rotatable bonds is 3. The fourth-order valence-corrected chi connectivity index (χ4v) is 0.729. The molecule has 0 aromatic carbocycles. The van der Waals surface area contributed by atoms with Crippen LogP contribution in [0.2, 0.25) is 0 Å². The maximum absolute atomic E-state index is 10.2. The molecule has 0 aromatic rings. The van der Waals surface area contributed by atoms with E-state index in [1.807, 2.05) is 0 Å². The Bertz CT molecular complexity index is 63.2. The van der Waals surface area contributed by atoms with E-state index in [0.29, 0.717) is 6.61 Å². The van der Waals surface area contributed by atoms with Gasteiger partial charge in [0.15, 0.2) is 0 Å². The Balaban J connectivity index is 3.00. The molecule has 0 saturated carbocycles. The Hall–Kier alpha value is 0.434. The second-order valence-corrected chi connectivity index (χ2v) is 2.76. The third-order valence-electron chi connectivity index (χ3n) is 0.429. The van der Waals surface area contributed by atoms with Gasteiger partial charge in [0.1, 0.15) is 0 Å². The van der Waals surface area contributed by atoms with Gasteiger partial charge in [-0.1, -0.05) is 0 Å². The van der Waals surface area contributed by atoms with Crippen LogP contribution in [0, 0.1) is 0 Å². The molecule has 0 spiro atoms. The normalized spacial score (nSPS) is 8.86. The molecule has 0 aromatic heterocycles. The van der Waals surface area contributed by atoms with Crippen LogP contribution in [0.15, 0.2) is 0 Å². The van der Waals surface area contributed by atoms with Crippen molar-refractivity contribution in [2.45, 2.75) is 6.92 Å². The van der Waals surface area contributed by atoms with Crippen molar-refractivity contribution in [3.05, 3.63) is 0 Å².